The summed E-state index contributed by atoms with van der Waals surface area (Å²) in [4.78, 5) is 10.6. The highest BCUT2D eigenvalue weighted by Gasteiger charge is 2.01. The van der Waals surface area contributed by atoms with E-state index in [0.29, 0.717) is 6.04 Å². The number of carbonyl (C=O) groups is 1. The fraction of sp³-hybridized carbons (Fsp3) is 0.875. The first-order valence-electron chi connectivity index (χ1n) is 4.03. The van der Waals surface area contributed by atoms with Gasteiger partial charge in [0.25, 0.3) is 0 Å². The van der Waals surface area contributed by atoms with E-state index in [2.05, 4.69) is 19.2 Å². The van der Waals surface area contributed by atoms with Gasteiger partial charge in [0.05, 0.1) is 0 Å². The number of nitrogens with one attached hydrogen (secondary N) is 1. The minimum absolute atomic E-state index is 0.204. The summed E-state index contributed by atoms with van der Waals surface area (Å²) in [6.07, 6.45) is 1.15. The summed E-state index contributed by atoms with van der Waals surface area (Å²) in [5, 5.41) is 3.52. The molecule has 0 aromatic carbocycles. The van der Waals surface area contributed by atoms with Crippen LogP contribution in [-0.2, 0) is 4.79 Å². The molecule has 0 spiro atoms. The van der Waals surface area contributed by atoms with Crippen molar-refractivity contribution in [1.29, 1.82) is 0 Å². The molecule has 0 radical (unpaired) electrons. The third-order valence-corrected chi connectivity index (χ3v) is 2.35. The van der Waals surface area contributed by atoms with Gasteiger partial charge >= 0.3 is 0 Å². The minimum Gasteiger partial charge on any atom is -0.313 e. The normalized spacial score (nSPS) is 13.0. The maximum atomic E-state index is 10.6. The van der Waals surface area contributed by atoms with Gasteiger partial charge in [0.1, 0.15) is 0 Å². The number of hydrogen-bond acceptors (Lipinski definition) is 3. The fourth-order valence-corrected chi connectivity index (χ4v) is 1.29. The molecule has 0 saturated carbocycles. The van der Waals surface area contributed by atoms with Gasteiger partial charge in [-0.15, -0.1) is 0 Å². The molecular formula is C8H17NOS. The highest BCUT2D eigenvalue weighted by Crippen LogP contribution is 2.02. The van der Waals surface area contributed by atoms with Crippen LogP contribution in [0.5, 0.6) is 0 Å². The molecular weight excluding hydrogens is 158 g/mol. The summed E-state index contributed by atoms with van der Waals surface area (Å²) in [5.74, 6) is 0.884. The Morgan fingerprint density at radius 2 is 2.27 bits per heavy atom. The molecule has 66 valence electrons. The second kappa shape index (κ2) is 6.68. The van der Waals surface area contributed by atoms with Gasteiger partial charge in [-0.25, -0.2) is 0 Å². The Morgan fingerprint density at radius 3 is 2.73 bits per heavy atom. The summed E-state index contributed by atoms with van der Waals surface area (Å²) >= 11 is 1.39. The van der Waals surface area contributed by atoms with Gasteiger partial charge in [-0.05, 0) is 19.9 Å². The molecule has 0 aromatic rings. The minimum atomic E-state index is 0.204. The topological polar surface area (TPSA) is 29.1 Å². The third kappa shape index (κ3) is 7.88. The Labute approximate surface area is 73.1 Å². The van der Waals surface area contributed by atoms with Crippen LogP contribution in [-0.4, -0.2) is 23.5 Å². The standard InChI is InChI=1S/C8H17NOS/c1-4-5-9-7(2)6-11-8(3)10/h7,9H,4-6H2,1-3H3. The second-order valence-corrected chi connectivity index (χ2v) is 3.85. The fourth-order valence-electron chi connectivity index (χ4n) is 0.692. The van der Waals surface area contributed by atoms with Crippen molar-refractivity contribution in [2.75, 3.05) is 12.3 Å². The van der Waals surface area contributed by atoms with Crippen molar-refractivity contribution in [2.45, 2.75) is 33.2 Å². The van der Waals surface area contributed by atoms with Crippen LogP contribution in [0.15, 0.2) is 0 Å². The zero-order chi connectivity index (χ0) is 8.69. The molecule has 1 atom stereocenters. The molecule has 0 heterocycles. The number of rotatable bonds is 5. The Morgan fingerprint density at radius 1 is 1.64 bits per heavy atom. The highest BCUT2D eigenvalue weighted by molar-refractivity contribution is 8.13. The van der Waals surface area contributed by atoms with Crippen molar-refractivity contribution in [3.8, 4) is 0 Å². The molecule has 0 fully saturated rings. The van der Waals surface area contributed by atoms with Gasteiger partial charge in [0, 0.05) is 18.7 Å². The van der Waals surface area contributed by atoms with E-state index in [9.17, 15) is 4.79 Å². The number of carbonyl (C=O) groups excluding carboxylic acids is 1. The van der Waals surface area contributed by atoms with Crippen LogP contribution in [0, 0.1) is 0 Å². The first-order chi connectivity index (χ1) is 5.16. The van der Waals surface area contributed by atoms with Crippen LogP contribution >= 0.6 is 11.8 Å². The lowest BCUT2D eigenvalue weighted by molar-refractivity contribution is -0.109. The van der Waals surface area contributed by atoms with Crippen LogP contribution in [0.2, 0.25) is 0 Å². The van der Waals surface area contributed by atoms with Gasteiger partial charge < -0.3 is 5.32 Å². The molecule has 0 amide bonds. The maximum Gasteiger partial charge on any atom is 0.185 e. The Hall–Kier alpha value is -0.0200. The highest BCUT2D eigenvalue weighted by atomic mass is 32.2. The Bertz CT molecular complexity index is 117. The summed E-state index contributed by atoms with van der Waals surface area (Å²) in [5.41, 5.74) is 0. The molecule has 3 heteroatoms. The lowest BCUT2D eigenvalue weighted by Gasteiger charge is -2.10. The van der Waals surface area contributed by atoms with Crippen molar-refractivity contribution in [1.82, 2.24) is 5.32 Å². The quantitative estimate of drug-likeness (QED) is 0.689. The van der Waals surface area contributed by atoms with E-state index in [1.165, 1.54) is 11.8 Å². The molecule has 0 aliphatic carbocycles. The molecule has 0 aliphatic rings. The predicted octanol–water partition coefficient (Wildman–Crippen LogP) is 1.65. The average molecular weight is 175 g/mol. The van der Waals surface area contributed by atoms with E-state index in [1.807, 2.05) is 0 Å². The van der Waals surface area contributed by atoms with Crippen LogP contribution in [0.1, 0.15) is 27.2 Å². The zero-order valence-electron chi connectivity index (χ0n) is 7.52. The van der Waals surface area contributed by atoms with Gasteiger partial charge in [0.15, 0.2) is 5.12 Å². The maximum absolute atomic E-state index is 10.6. The SMILES string of the molecule is CCCNC(C)CSC(C)=O. The van der Waals surface area contributed by atoms with Crippen LogP contribution < -0.4 is 5.32 Å². The zero-order valence-corrected chi connectivity index (χ0v) is 8.33. The van der Waals surface area contributed by atoms with Crippen LogP contribution in [0.4, 0.5) is 0 Å². The Balaban J connectivity index is 3.22. The average Bonchev–Trinajstić information content (AvgIpc) is 1.97. The molecule has 1 N–H and O–H groups in total. The van der Waals surface area contributed by atoms with Gasteiger partial charge in [0.2, 0.25) is 0 Å². The molecule has 0 rings (SSSR count). The number of thioether (sulfide) groups is 1. The Kier molecular flexibility index (Phi) is 6.66. The number of hydrogen-bond donors (Lipinski definition) is 1. The van der Waals surface area contributed by atoms with E-state index in [4.69, 9.17) is 0 Å². The molecule has 0 bridgehead atoms. The van der Waals surface area contributed by atoms with Crippen molar-refractivity contribution in [3.63, 3.8) is 0 Å². The van der Waals surface area contributed by atoms with E-state index in [0.717, 1.165) is 18.7 Å². The predicted molar refractivity (Wildman–Crippen MR) is 50.9 cm³/mol. The van der Waals surface area contributed by atoms with E-state index >= 15 is 0 Å². The molecule has 0 aliphatic heterocycles. The monoisotopic (exact) mass is 175 g/mol. The summed E-state index contributed by atoms with van der Waals surface area (Å²) < 4.78 is 0. The molecule has 0 aromatic heterocycles. The third-order valence-electron chi connectivity index (χ3n) is 1.28. The van der Waals surface area contributed by atoms with Crippen molar-refractivity contribution < 1.29 is 4.79 Å². The van der Waals surface area contributed by atoms with Gasteiger partial charge in [-0.3, -0.25) is 4.79 Å². The first kappa shape index (κ1) is 11.0. The summed E-state index contributed by atoms with van der Waals surface area (Å²) in [6, 6.07) is 0.448. The van der Waals surface area contributed by atoms with Gasteiger partial charge in [-0.1, -0.05) is 18.7 Å². The summed E-state index contributed by atoms with van der Waals surface area (Å²) in [6.45, 7) is 6.89. The van der Waals surface area contributed by atoms with Crippen LogP contribution in [0.3, 0.4) is 0 Å². The first-order valence-corrected chi connectivity index (χ1v) is 5.02. The van der Waals surface area contributed by atoms with Crippen molar-refractivity contribution in [2.24, 2.45) is 0 Å². The van der Waals surface area contributed by atoms with Crippen molar-refractivity contribution >= 4 is 16.9 Å². The second-order valence-electron chi connectivity index (χ2n) is 2.66. The van der Waals surface area contributed by atoms with E-state index in [-0.39, 0.29) is 5.12 Å². The van der Waals surface area contributed by atoms with E-state index < -0.39 is 0 Å². The molecule has 2 nitrogen and oxygen atoms in total. The molecule has 1 unspecified atom stereocenters. The van der Waals surface area contributed by atoms with Crippen LogP contribution in [0.25, 0.3) is 0 Å². The van der Waals surface area contributed by atoms with Gasteiger partial charge in [-0.2, -0.15) is 0 Å². The van der Waals surface area contributed by atoms with E-state index in [1.54, 1.807) is 6.92 Å². The molecule has 0 saturated heterocycles. The largest absolute Gasteiger partial charge is 0.313 e. The molecule has 11 heavy (non-hydrogen) atoms. The smallest absolute Gasteiger partial charge is 0.185 e. The summed E-state index contributed by atoms with van der Waals surface area (Å²) in [7, 11) is 0. The lowest BCUT2D eigenvalue weighted by atomic mass is 10.3. The van der Waals surface area contributed by atoms with Crippen molar-refractivity contribution in [3.05, 3.63) is 0 Å². The lowest BCUT2D eigenvalue weighted by Crippen LogP contribution is -2.29.